The Bertz CT molecular complexity index is 1090. The number of hydrazine groups is 1. The normalized spacial score (nSPS) is 24.3. The minimum absolute atomic E-state index is 0.0652. The Labute approximate surface area is 188 Å². The van der Waals surface area contributed by atoms with Crippen LogP contribution < -0.4 is 15.5 Å². The lowest BCUT2D eigenvalue weighted by Gasteiger charge is -2.41. The molecule has 4 aliphatic rings. The van der Waals surface area contributed by atoms with Gasteiger partial charge in [-0.05, 0) is 18.2 Å². The number of carbonyl (C=O) groups is 1. The molecule has 2 N–H and O–H groups in total. The monoisotopic (exact) mass is 463 g/mol. The van der Waals surface area contributed by atoms with Crippen LogP contribution in [-0.2, 0) is 16.1 Å². The van der Waals surface area contributed by atoms with Gasteiger partial charge in [-0.25, -0.2) is 23.6 Å². The van der Waals surface area contributed by atoms with Crippen molar-refractivity contribution in [3.05, 3.63) is 52.9 Å². The highest BCUT2D eigenvalue weighted by atomic mass is 19.3. The number of rotatable bonds is 1. The van der Waals surface area contributed by atoms with E-state index in [0.29, 0.717) is 29.3 Å². The van der Waals surface area contributed by atoms with E-state index in [2.05, 4.69) is 15.7 Å². The highest BCUT2D eigenvalue weighted by Gasteiger charge is 2.41. The SMILES string of the molecule is CC1(C)CNC(=O)C2=C3N=C4C(=CN3NC2)OCC(C(F)F)N4Cc2cc(F)ccc2OC1. The topological polar surface area (TPSA) is 78.4 Å². The number of nitrogens with zero attached hydrogens (tertiary/aromatic N) is 3. The number of hydrogen-bond donors (Lipinski definition) is 2. The van der Waals surface area contributed by atoms with Crippen LogP contribution >= 0.6 is 0 Å². The Morgan fingerprint density at radius 1 is 1.27 bits per heavy atom. The smallest absolute Gasteiger partial charge is 0.261 e. The van der Waals surface area contributed by atoms with Gasteiger partial charge in [-0.2, -0.15) is 0 Å². The van der Waals surface area contributed by atoms with Crippen LogP contribution in [0.5, 0.6) is 5.75 Å². The molecule has 0 aromatic heterocycles. The maximum atomic E-state index is 14.2. The summed E-state index contributed by atoms with van der Waals surface area (Å²) in [6.45, 7) is 4.33. The van der Waals surface area contributed by atoms with Gasteiger partial charge < -0.3 is 19.7 Å². The Hall–Kier alpha value is -3.21. The number of ether oxygens (including phenoxy) is 2. The van der Waals surface area contributed by atoms with Crippen LogP contribution in [0.2, 0.25) is 0 Å². The van der Waals surface area contributed by atoms with Crippen LogP contribution in [0.15, 0.2) is 46.5 Å². The Balaban J connectivity index is 1.65. The first-order chi connectivity index (χ1) is 15.7. The summed E-state index contributed by atoms with van der Waals surface area (Å²) in [7, 11) is 0. The second-order valence-corrected chi connectivity index (χ2v) is 9.16. The lowest BCUT2D eigenvalue weighted by molar-refractivity contribution is -0.118. The van der Waals surface area contributed by atoms with Crippen molar-refractivity contribution in [2.75, 3.05) is 26.3 Å². The van der Waals surface area contributed by atoms with Gasteiger partial charge in [-0.15, -0.1) is 0 Å². The number of amides is 1. The molecule has 8 nitrogen and oxygen atoms in total. The number of amidine groups is 1. The van der Waals surface area contributed by atoms with Gasteiger partial charge >= 0.3 is 0 Å². The van der Waals surface area contributed by atoms with Crippen LogP contribution in [0.1, 0.15) is 19.4 Å². The first-order valence-electron chi connectivity index (χ1n) is 10.7. The maximum Gasteiger partial charge on any atom is 0.261 e. The summed E-state index contributed by atoms with van der Waals surface area (Å²) >= 11 is 0. The fraction of sp³-hybridized carbons (Fsp3) is 0.455. The lowest BCUT2D eigenvalue weighted by Crippen LogP contribution is -2.53. The fourth-order valence-corrected chi connectivity index (χ4v) is 4.08. The van der Waals surface area contributed by atoms with Crippen molar-refractivity contribution in [1.29, 1.82) is 0 Å². The molecule has 0 spiro atoms. The van der Waals surface area contributed by atoms with Crippen molar-refractivity contribution in [2.45, 2.75) is 32.9 Å². The zero-order valence-corrected chi connectivity index (χ0v) is 18.2. The number of alkyl halides is 2. The molecule has 1 saturated heterocycles. The molecule has 33 heavy (non-hydrogen) atoms. The summed E-state index contributed by atoms with van der Waals surface area (Å²) in [5.74, 6) is 0.363. The zero-order chi connectivity index (χ0) is 23.3. The van der Waals surface area contributed by atoms with Crippen LogP contribution in [-0.4, -0.2) is 60.4 Å². The van der Waals surface area contributed by atoms with E-state index in [1.54, 1.807) is 11.2 Å². The molecule has 2 bridgehead atoms. The standard InChI is InChI=1S/C22H24F3N5O3/c1-22(2)10-26-21(31)14-6-27-30-8-17-20(28-19(14)30)29(15(9-32-17)18(24)25)7-12-5-13(23)3-4-16(12)33-11-22/h3-5,8,15,18,27H,6-7,9-11H2,1-2H3,(H,26,31). The van der Waals surface area contributed by atoms with Crippen LogP contribution in [0, 0.1) is 11.2 Å². The van der Waals surface area contributed by atoms with E-state index in [4.69, 9.17) is 9.47 Å². The highest BCUT2D eigenvalue weighted by molar-refractivity contribution is 6.01. The van der Waals surface area contributed by atoms with Crippen LogP contribution in [0.25, 0.3) is 0 Å². The van der Waals surface area contributed by atoms with Gasteiger partial charge in [0.2, 0.25) is 0 Å². The summed E-state index contributed by atoms with van der Waals surface area (Å²) in [4.78, 5) is 18.9. The molecular formula is C22H24F3N5O3. The molecule has 5 rings (SSSR count). The van der Waals surface area contributed by atoms with E-state index in [1.165, 1.54) is 23.1 Å². The number of benzene rings is 1. The van der Waals surface area contributed by atoms with Crippen molar-refractivity contribution >= 4 is 11.7 Å². The highest BCUT2D eigenvalue weighted by Crippen LogP contribution is 2.33. The summed E-state index contributed by atoms with van der Waals surface area (Å²) in [5, 5.41) is 4.47. The van der Waals surface area contributed by atoms with Gasteiger partial charge in [0.15, 0.2) is 17.4 Å². The molecule has 1 amide bonds. The Kier molecular flexibility index (Phi) is 5.23. The third kappa shape index (κ3) is 4.01. The van der Waals surface area contributed by atoms with E-state index in [0.717, 1.165) is 0 Å². The third-order valence-electron chi connectivity index (χ3n) is 5.96. The second kappa shape index (κ2) is 7.98. The molecule has 11 heteroatoms. The number of fused-ring (bicyclic) bond motifs is 1. The van der Waals surface area contributed by atoms with Crippen molar-refractivity contribution < 1.29 is 27.4 Å². The zero-order valence-electron chi connectivity index (χ0n) is 18.2. The first kappa shape index (κ1) is 21.6. The first-order valence-corrected chi connectivity index (χ1v) is 10.7. The molecule has 1 aromatic rings. The average molecular weight is 463 g/mol. The number of halogens is 3. The molecule has 1 unspecified atom stereocenters. The predicted octanol–water partition coefficient (Wildman–Crippen LogP) is 2.11. The molecule has 4 aliphatic heterocycles. The van der Waals surface area contributed by atoms with E-state index < -0.39 is 23.7 Å². The maximum absolute atomic E-state index is 14.2. The van der Waals surface area contributed by atoms with E-state index in [-0.39, 0.29) is 43.8 Å². The average Bonchev–Trinajstić information content (AvgIpc) is 3.18. The summed E-state index contributed by atoms with van der Waals surface area (Å²) in [6.07, 6.45) is -1.15. The van der Waals surface area contributed by atoms with Gasteiger partial charge in [0.25, 0.3) is 12.3 Å². The molecule has 1 atom stereocenters. The number of nitrogens with one attached hydrogen (secondary N) is 2. The van der Waals surface area contributed by atoms with Crippen molar-refractivity contribution in [1.82, 2.24) is 20.7 Å². The lowest BCUT2D eigenvalue weighted by atomic mass is 9.94. The van der Waals surface area contributed by atoms with E-state index >= 15 is 0 Å². The molecule has 1 aromatic carbocycles. The quantitative estimate of drug-likeness (QED) is 0.665. The number of hydrogen-bond acceptors (Lipinski definition) is 7. The molecule has 1 fully saturated rings. The predicted molar refractivity (Wildman–Crippen MR) is 112 cm³/mol. The van der Waals surface area contributed by atoms with E-state index in [1.807, 2.05) is 13.8 Å². The van der Waals surface area contributed by atoms with Gasteiger partial charge in [0.05, 0.1) is 18.4 Å². The molecule has 176 valence electrons. The van der Waals surface area contributed by atoms with E-state index in [9.17, 15) is 18.0 Å². The molecule has 0 aliphatic carbocycles. The number of aliphatic imine (C=N–C) groups is 1. The molecule has 0 radical (unpaired) electrons. The Morgan fingerprint density at radius 3 is 2.88 bits per heavy atom. The van der Waals surface area contributed by atoms with Gasteiger partial charge in [0, 0.05) is 30.6 Å². The largest absolute Gasteiger partial charge is 0.493 e. The number of morpholine rings is 1. The van der Waals surface area contributed by atoms with Gasteiger partial charge in [-0.3, -0.25) is 9.80 Å². The number of carbonyl (C=O) groups excluding carboxylic acids is 1. The molecule has 0 saturated carbocycles. The minimum atomic E-state index is -2.73. The summed E-state index contributed by atoms with van der Waals surface area (Å²) in [5.41, 5.74) is 3.41. The molecule has 4 heterocycles. The fourth-order valence-electron chi connectivity index (χ4n) is 4.08. The van der Waals surface area contributed by atoms with Gasteiger partial charge in [0.1, 0.15) is 24.2 Å². The summed E-state index contributed by atoms with van der Waals surface area (Å²) in [6, 6.07) is 2.74. The summed E-state index contributed by atoms with van der Waals surface area (Å²) < 4.78 is 53.7. The minimum Gasteiger partial charge on any atom is -0.493 e. The van der Waals surface area contributed by atoms with Crippen LogP contribution in [0.4, 0.5) is 13.2 Å². The van der Waals surface area contributed by atoms with Crippen molar-refractivity contribution in [2.24, 2.45) is 10.4 Å². The molecular weight excluding hydrogens is 439 g/mol. The third-order valence-corrected chi connectivity index (χ3v) is 5.96. The van der Waals surface area contributed by atoms with Crippen LogP contribution in [0.3, 0.4) is 0 Å². The second-order valence-electron chi connectivity index (χ2n) is 9.16. The van der Waals surface area contributed by atoms with Crippen molar-refractivity contribution in [3.8, 4) is 5.75 Å². The Morgan fingerprint density at radius 2 is 2.09 bits per heavy atom. The van der Waals surface area contributed by atoms with Crippen molar-refractivity contribution in [3.63, 3.8) is 0 Å². The van der Waals surface area contributed by atoms with Gasteiger partial charge in [-0.1, -0.05) is 13.8 Å².